The van der Waals surface area contributed by atoms with Gasteiger partial charge in [-0.1, -0.05) is 212 Å². The van der Waals surface area contributed by atoms with E-state index in [-0.39, 0.29) is 0 Å². The molecule has 11 aromatic carbocycles. The van der Waals surface area contributed by atoms with E-state index >= 15 is 0 Å². The van der Waals surface area contributed by atoms with Crippen molar-refractivity contribution in [3.63, 3.8) is 0 Å². The summed E-state index contributed by atoms with van der Waals surface area (Å²) in [6.45, 7) is 0. The molecule has 2 aliphatic carbocycles. The van der Waals surface area contributed by atoms with Crippen LogP contribution in [-0.2, 0) is 5.41 Å². The number of furan rings is 2. The molecule has 2 aliphatic rings. The smallest absolute Gasteiger partial charge is 0.167 e. The van der Waals surface area contributed by atoms with Gasteiger partial charge in [0.05, 0.1) is 11.0 Å². The maximum atomic E-state index is 6.67. The molecule has 0 atom stereocenters. The summed E-state index contributed by atoms with van der Waals surface area (Å²) >= 11 is 0. The molecule has 3 aromatic heterocycles. The zero-order valence-electron chi connectivity index (χ0n) is 40.3. The van der Waals surface area contributed by atoms with Crippen molar-refractivity contribution in [1.29, 1.82) is 0 Å². The van der Waals surface area contributed by atoms with Gasteiger partial charge in [0.1, 0.15) is 22.3 Å². The van der Waals surface area contributed by atoms with Crippen LogP contribution in [0.15, 0.2) is 258 Å². The van der Waals surface area contributed by atoms with Crippen LogP contribution in [0.2, 0.25) is 0 Å². The number of rotatable bonds is 6. The topological polar surface area (TPSA) is 65.0 Å². The van der Waals surface area contributed by atoms with Gasteiger partial charge in [0.2, 0.25) is 0 Å². The SMILES string of the molecule is c1ccc(-c2ccc(-c3nc(-c4cccc5c4oc4ccccc45)nc(-c4cccc5oc6ccc(-c7cccc(-c8cccc9c8-c8ccccc8C98c9ccccc9-c9ccccc98)c7)cc6c45)n3)cc2)cc1. The van der Waals surface area contributed by atoms with Crippen LogP contribution in [0.1, 0.15) is 22.3 Å². The van der Waals surface area contributed by atoms with Crippen molar-refractivity contribution in [1.82, 2.24) is 15.0 Å². The van der Waals surface area contributed by atoms with Crippen molar-refractivity contribution < 1.29 is 8.83 Å². The molecule has 348 valence electrons. The predicted octanol–water partition coefficient (Wildman–Crippen LogP) is 18.0. The number of fused-ring (bicyclic) bond motifs is 16. The van der Waals surface area contributed by atoms with Crippen LogP contribution in [0.25, 0.3) is 134 Å². The molecule has 16 rings (SSSR count). The Kier molecular flexibility index (Phi) is 8.89. The average Bonchev–Trinajstić information content (AvgIpc) is 4.38. The van der Waals surface area contributed by atoms with Crippen LogP contribution in [0.4, 0.5) is 0 Å². The molecule has 0 saturated heterocycles. The minimum Gasteiger partial charge on any atom is -0.456 e. The summed E-state index contributed by atoms with van der Waals surface area (Å²) in [6, 6.07) is 88.7. The van der Waals surface area contributed by atoms with Crippen LogP contribution in [-0.4, -0.2) is 15.0 Å². The molecule has 1 spiro atoms. The maximum Gasteiger partial charge on any atom is 0.167 e. The average molecular weight is 956 g/mol. The second-order valence-corrected chi connectivity index (χ2v) is 19.7. The van der Waals surface area contributed by atoms with E-state index in [1.807, 2.05) is 48.5 Å². The highest BCUT2D eigenvalue weighted by molar-refractivity contribution is 6.13. The van der Waals surface area contributed by atoms with Gasteiger partial charge in [-0.3, -0.25) is 0 Å². The largest absolute Gasteiger partial charge is 0.456 e. The molecule has 5 heteroatoms. The lowest BCUT2D eigenvalue weighted by atomic mass is 9.70. The summed E-state index contributed by atoms with van der Waals surface area (Å²) in [7, 11) is 0. The number of aromatic nitrogens is 3. The van der Waals surface area contributed by atoms with Crippen LogP contribution in [0.5, 0.6) is 0 Å². The van der Waals surface area contributed by atoms with Gasteiger partial charge in [-0.25, -0.2) is 15.0 Å². The normalized spacial score (nSPS) is 12.9. The summed E-state index contributed by atoms with van der Waals surface area (Å²) < 4.78 is 13.2. The molecule has 75 heavy (non-hydrogen) atoms. The number of para-hydroxylation sites is 2. The van der Waals surface area contributed by atoms with E-state index < -0.39 is 5.41 Å². The lowest BCUT2D eigenvalue weighted by Gasteiger charge is -2.30. The molecule has 14 aromatic rings. The van der Waals surface area contributed by atoms with Gasteiger partial charge in [-0.2, -0.15) is 0 Å². The molecule has 0 bridgehead atoms. The van der Waals surface area contributed by atoms with Crippen LogP contribution < -0.4 is 0 Å². The van der Waals surface area contributed by atoms with Gasteiger partial charge in [-0.15, -0.1) is 0 Å². The fourth-order valence-corrected chi connectivity index (χ4v) is 12.6. The molecule has 0 amide bonds. The quantitative estimate of drug-likeness (QED) is 0.166. The first-order chi connectivity index (χ1) is 37.2. The Labute approximate surface area is 431 Å². The zero-order valence-corrected chi connectivity index (χ0v) is 40.3. The summed E-state index contributed by atoms with van der Waals surface area (Å²) in [5, 5.41) is 3.97. The van der Waals surface area contributed by atoms with E-state index in [1.165, 1.54) is 50.1 Å². The van der Waals surface area contributed by atoms with E-state index in [9.17, 15) is 0 Å². The Hall–Kier alpha value is -9.97. The molecule has 0 unspecified atom stereocenters. The number of hydrogen-bond acceptors (Lipinski definition) is 5. The molecule has 0 N–H and O–H groups in total. The number of nitrogens with zero attached hydrogens (tertiary/aromatic N) is 3. The van der Waals surface area contributed by atoms with Crippen molar-refractivity contribution in [2.45, 2.75) is 5.41 Å². The van der Waals surface area contributed by atoms with Gasteiger partial charge in [-0.05, 0) is 114 Å². The van der Waals surface area contributed by atoms with Crippen LogP contribution in [0.3, 0.4) is 0 Å². The molecule has 5 nitrogen and oxygen atoms in total. The zero-order chi connectivity index (χ0) is 49.2. The van der Waals surface area contributed by atoms with Gasteiger partial charge in [0, 0.05) is 32.7 Å². The molecule has 0 radical (unpaired) electrons. The highest BCUT2D eigenvalue weighted by atomic mass is 16.3. The van der Waals surface area contributed by atoms with E-state index in [4.69, 9.17) is 23.8 Å². The Balaban J connectivity index is 0.847. The fourth-order valence-electron chi connectivity index (χ4n) is 12.6. The highest BCUT2D eigenvalue weighted by Gasteiger charge is 2.52. The summed E-state index contributed by atoms with van der Waals surface area (Å²) in [4.78, 5) is 15.8. The standard InChI is InChI=1S/C70H41N3O2/c1-2-16-42(17-3-1)43-34-36-44(37-35-43)67-71-68(73-69(72-67)55-27-13-25-52-51-22-7-11-32-61(51)75-66(52)55)54-26-15-33-63-65(54)56-41-46(38-39-62(56)74-63)45-18-12-19-47(40-45)48-24-14-31-60-64(48)53-23-6-10-30-59(53)70(60)57-28-8-4-20-49(57)50-21-5-9-29-58(50)70/h1-41H. The minimum atomic E-state index is -0.411. The third-order valence-electron chi connectivity index (χ3n) is 15.8. The molecule has 0 fully saturated rings. The lowest BCUT2D eigenvalue weighted by molar-refractivity contribution is 0.668. The molecule has 0 aliphatic heterocycles. The van der Waals surface area contributed by atoms with Gasteiger partial charge in [0.15, 0.2) is 17.5 Å². The molecule has 0 saturated carbocycles. The first-order valence-electron chi connectivity index (χ1n) is 25.5. The van der Waals surface area contributed by atoms with Crippen molar-refractivity contribution in [2.24, 2.45) is 0 Å². The van der Waals surface area contributed by atoms with Crippen LogP contribution >= 0.6 is 0 Å². The van der Waals surface area contributed by atoms with E-state index in [0.717, 1.165) is 88.4 Å². The minimum absolute atomic E-state index is 0.411. The summed E-state index contributed by atoms with van der Waals surface area (Å²) in [6.07, 6.45) is 0. The molecular weight excluding hydrogens is 915 g/mol. The molecule has 3 heterocycles. The van der Waals surface area contributed by atoms with Gasteiger partial charge in [0.25, 0.3) is 0 Å². The number of benzene rings is 11. The first-order valence-corrected chi connectivity index (χ1v) is 25.5. The maximum absolute atomic E-state index is 6.67. The van der Waals surface area contributed by atoms with Crippen LogP contribution in [0, 0.1) is 0 Å². The van der Waals surface area contributed by atoms with E-state index in [2.05, 4.69) is 200 Å². The Morgan fingerprint density at radius 3 is 1.57 bits per heavy atom. The highest BCUT2D eigenvalue weighted by Crippen LogP contribution is 2.64. The van der Waals surface area contributed by atoms with Crippen molar-refractivity contribution in [3.05, 3.63) is 271 Å². The summed E-state index contributed by atoms with van der Waals surface area (Å²) in [5.41, 5.74) is 22.5. The Bertz CT molecular complexity index is 4620. The predicted molar refractivity (Wildman–Crippen MR) is 303 cm³/mol. The van der Waals surface area contributed by atoms with E-state index in [0.29, 0.717) is 17.5 Å². The van der Waals surface area contributed by atoms with Crippen molar-refractivity contribution >= 4 is 43.9 Å². The van der Waals surface area contributed by atoms with Crippen molar-refractivity contribution in [3.8, 4) is 89.8 Å². The third kappa shape index (κ3) is 6.10. The Morgan fingerprint density at radius 2 is 0.760 bits per heavy atom. The van der Waals surface area contributed by atoms with Crippen molar-refractivity contribution in [2.75, 3.05) is 0 Å². The summed E-state index contributed by atoms with van der Waals surface area (Å²) in [5.74, 6) is 1.63. The lowest BCUT2D eigenvalue weighted by Crippen LogP contribution is -2.25. The van der Waals surface area contributed by atoms with Gasteiger partial charge >= 0.3 is 0 Å². The Morgan fingerprint density at radius 1 is 0.267 bits per heavy atom. The first kappa shape index (κ1) is 41.6. The number of hydrogen-bond donors (Lipinski definition) is 0. The third-order valence-corrected chi connectivity index (χ3v) is 15.8. The second-order valence-electron chi connectivity index (χ2n) is 19.7. The monoisotopic (exact) mass is 955 g/mol. The van der Waals surface area contributed by atoms with Gasteiger partial charge < -0.3 is 8.83 Å². The fraction of sp³-hybridized carbons (Fsp3) is 0.0143. The van der Waals surface area contributed by atoms with E-state index in [1.54, 1.807) is 0 Å². The second kappa shape index (κ2) is 16.0. The molecular formula is C70H41N3O2.